The minimum absolute atomic E-state index is 0.666. The highest BCUT2D eigenvalue weighted by atomic mass is 16.5. The lowest BCUT2D eigenvalue weighted by atomic mass is 10.1. The smallest absolute Gasteiger partial charge is 0.164 e. The van der Waals surface area contributed by atoms with Gasteiger partial charge in [0.1, 0.15) is 17.0 Å². The topological polar surface area (TPSA) is 52.8 Å². The number of hydrogen-bond donors (Lipinski definition) is 0. The maximum atomic E-state index is 5.29. The zero-order valence-electron chi connectivity index (χ0n) is 16.6. The van der Waals surface area contributed by atoms with E-state index in [1.165, 1.54) is 5.56 Å². The molecule has 0 aliphatic heterocycles. The normalized spacial score (nSPS) is 11.0. The van der Waals surface area contributed by atoms with Gasteiger partial charge in [0.25, 0.3) is 0 Å². The first kappa shape index (κ1) is 18.1. The number of methoxy groups -OCH3 is 1. The average Bonchev–Trinajstić information content (AvgIpc) is 3.22. The second-order valence-electron chi connectivity index (χ2n) is 7.02. The number of hydrogen-bond acceptors (Lipinski definition) is 4. The van der Waals surface area contributed by atoms with E-state index in [9.17, 15) is 0 Å². The molecule has 5 heteroatoms. The fourth-order valence-corrected chi connectivity index (χ4v) is 3.51. The molecule has 0 radical (unpaired) electrons. The molecule has 5 rings (SSSR count). The molecule has 3 aromatic carbocycles. The van der Waals surface area contributed by atoms with Gasteiger partial charge in [0, 0.05) is 11.1 Å². The molecule has 0 aliphatic carbocycles. The molecule has 2 aromatic heterocycles. The Bertz CT molecular complexity index is 1280. The Morgan fingerprint density at radius 3 is 2.17 bits per heavy atom. The van der Waals surface area contributed by atoms with Gasteiger partial charge in [-0.1, -0.05) is 60.7 Å². The lowest BCUT2D eigenvalue weighted by molar-refractivity contribution is 0.415. The van der Waals surface area contributed by atoms with Gasteiger partial charge in [0.05, 0.1) is 20.0 Å². The Morgan fingerprint density at radius 1 is 0.767 bits per heavy atom. The molecule has 0 saturated carbocycles. The molecule has 5 aromatic rings. The van der Waals surface area contributed by atoms with Gasteiger partial charge in [-0.25, -0.2) is 15.0 Å². The minimum atomic E-state index is 0.666. The van der Waals surface area contributed by atoms with E-state index >= 15 is 0 Å². The lowest BCUT2D eigenvalue weighted by Gasteiger charge is -2.09. The van der Waals surface area contributed by atoms with Crippen LogP contribution >= 0.6 is 0 Å². The highest BCUT2D eigenvalue weighted by Gasteiger charge is 2.16. The minimum Gasteiger partial charge on any atom is -0.497 e. The van der Waals surface area contributed by atoms with Gasteiger partial charge < -0.3 is 9.30 Å². The van der Waals surface area contributed by atoms with Crippen LogP contribution in [-0.2, 0) is 6.54 Å². The van der Waals surface area contributed by atoms with Crippen molar-refractivity contribution in [2.75, 3.05) is 7.11 Å². The van der Waals surface area contributed by atoms with Crippen LogP contribution in [0.15, 0.2) is 91.3 Å². The molecular formula is C25H20N4O. The molecule has 0 bridgehead atoms. The number of benzene rings is 3. The third kappa shape index (κ3) is 3.42. The summed E-state index contributed by atoms with van der Waals surface area (Å²) in [6.45, 7) is 0.699. The third-order valence-corrected chi connectivity index (χ3v) is 5.06. The van der Waals surface area contributed by atoms with Crippen LogP contribution in [0.5, 0.6) is 5.75 Å². The van der Waals surface area contributed by atoms with Crippen LogP contribution in [-0.4, -0.2) is 26.6 Å². The van der Waals surface area contributed by atoms with E-state index in [4.69, 9.17) is 14.7 Å². The van der Waals surface area contributed by atoms with Crippen LogP contribution in [0.3, 0.4) is 0 Å². The van der Waals surface area contributed by atoms with Crippen LogP contribution in [0.1, 0.15) is 5.56 Å². The van der Waals surface area contributed by atoms with E-state index in [2.05, 4.69) is 33.8 Å². The van der Waals surface area contributed by atoms with Crippen molar-refractivity contribution < 1.29 is 4.74 Å². The maximum Gasteiger partial charge on any atom is 0.164 e. The summed E-state index contributed by atoms with van der Waals surface area (Å²) in [4.78, 5) is 14.5. The lowest BCUT2D eigenvalue weighted by Crippen LogP contribution is -2.02. The van der Waals surface area contributed by atoms with Crippen LogP contribution in [0, 0.1) is 0 Å². The zero-order valence-corrected chi connectivity index (χ0v) is 16.6. The van der Waals surface area contributed by atoms with Crippen molar-refractivity contribution in [1.82, 2.24) is 19.5 Å². The van der Waals surface area contributed by atoms with Crippen molar-refractivity contribution >= 4 is 11.2 Å². The van der Waals surface area contributed by atoms with E-state index in [-0.39, 0.29) is 0 Å². The van der Waals surface area contributed by atoms with Gasteiger partial charge in [0.15, 0.2) is 11.5 Å². The van der Waals surface area contributed by atoms with E-state index in [0.717, 1.165) is 33.7 Å². The molecule has 0 N–H and O–H groups in total. The highest BCUT2D eigenvalue weighted by molar-refractivity contribution is 5.89. The van der Waals surface area contributed by atoms with Crippen LogP contribution in [0.2, 0.25) is 0 Å². The van der Waals surface area contributed by atoms with Crippen molar-refractivity contribution in [3.05, 3.63) is 96.8 Å². The zero-order chi connectivity index (χ0) is 20.3. The Labute approximate surface area is 174 Å². The molecule has 0 fully saturated rings. The van der Waals surface area contributed by atoms with Crippen molar-refractivity contribution in [1.29, 1.82) is 0 Å². The molecule has 0 aliphatic rings. The van der Waals surface area contributed by atoms with Gasteiger partial charge in [-0.15, -0.1) is 0 Å². The summed E-state index contributed by atoms with van der Waals surface area (Å²) in [6, 6.07) is 28.2. The molecular weight excluding hydrogens is 372 g/mol. The number of rotatable bonds is 5. The Balaban J connectivity index is 1.69. The largest absolute Gasteiger partial charge is 0.497 e. The van der Waals surface area contributed by atoms with Gasteiger partial charge in [-0.05, 0) is 29.8 Å². The number of imidazole rings is 1. The summed E-state index contributed by atoms with van der Waals surface area (Å²) in [5.74, 6) is 1.47. The summed E-state index contributed by atoms with van der Waals surface area (Å²) in [5.41, 5.74) is 5.60. The predicted octanol–water partition coefficient (Wildman–Crippen LogP) is 5.22. The Kier molecular flexibility index (Phi) is 4.69. The number of nitrogens with zero attached hydrogens (tertiary/aromatic N) is 4. The van der Waals surface area contributed by atoms with E-state index in [0.29, 0.717) is 12.4 Å². The second kappa shape index (κ2) is 7.79. The number of fused-ring (bicyclic) bond motifs is 1. The summed E-state index contributed by atoms with van der Waals surface area (Å²) >= 11 is 0. The van der Waals surface area contributed by atoms with E-state index < -0.39 is 0 Å². The third-order valence-electron chi connectivity index (χ3n) is 5.06. The molecule has 5 nitrogen and oxygen atoms in total. The summed E-state index contributed by atoms with van der Waals surface area (Å²) in [7, 11) is 1.66. The second-order valence-corrected chi connectivity index (χ2v) is 7.02. The first-order valence-corrected chi connectivity index (χ1v) is 9.78. The van der Waals surface area contributed by atoms with Crippen molar-refractivity contribution in [2.45, 2.75) is 6.54 Å². The molecule has 30 heavy (non-hydrogen) atoms. The molecule has 0 spiro atoms. The monoisotopic (exact) mass is 392 g/mol. The van der Waals surface area contributed by atoms with Crippen molar-refractivity contribution in [2.24, 2.45) is 0 Å². The average molecular weight is 392 g/mol. The first-order valence-electron chi connectivity index (χ1n) is 9.78. The van der Waals surface area contributed by atoms with Crippen molar-refractivity contribution in [3.8, 4) is 28.4 Å². The summed E-state index contributed by atoms with van der Waals surface area (Å²) in [5, 5.41) is 0. The van der Waals surface area contributed by atoms with E-state index in [1.807, 2.05) is 67.0 Å². The summed E-state index contributed by atoms with van der Waals surface area (Å²) < 4.78 is 7.36. The molecule has 0 saturated heterocycles. The quantitative estimate of drug-likeness (QED) is 0.412. The predicted molar refractivity (Wildman–Crippen MR) is 118 cm³/mol. The van der Waals surface area contributed by atoms with Crippen LogP contribution in [0.4, 0.5) is 0 Å². The van der Waals surface area contributed by atoms with Gasteiger partial charge in [-0.3, -0.25) is 0 Å². The molecule has 0 atom stereocenters. The van der Waals surface area contributed by atoms with Gasteiger partial charge in [-0.2, -0.15) is 0 Å². The van der Waals surface area contributed by atoms with Gasteiger partial charge in [0.2, 0.25) is 0 Å². The first-order chi connectivity index (χ1) is 14.8. The molecule has 0 unspecified atom stereocenters. The van der Waals surface area contributed by atoms with E-state index in [1.54, 1.807) is 7.11 Å². The maximum absolute atomic E-state index is 5.29. The standard InChI is InChI=1S/C25H20N4O/c1-30-21-14-12-20(13-15-21)24-27-22(19-10-6-3-7-11-19)23-25(28-24)29(17-26-23)16-18-8-4-2-5-9-18/h2-15,17H,16H2,1H3. The fourth-order valence-electron chi connectivity index (χ4n) is 3.51. The molecule has 2 heterocycles. The Hall–Kier alpha value is -3.99. The number of ether oxygens (including phenoxy) is 1. The summed E-state index contributed by atoms with van der Waals surface area (Å²) in [6.07, 6.45) is 1.84. The SMILES string of the molecule is COc1ccc(-c2nc(-c3ccccc3)c3ncn(Cc4ccccc4)c3n2)cc1. The number of aromatic nitrogens is 4. The van der Waals surface area contributed by atoms with Gasteiger partial charge >= 0.3 is 0 Å². The van der Waals surface area contributed by atoms with Crippen LogP contribution < -0.4 is 4.74 Å². The Morgan fingerprint density at radius 2 is 1.47 bits per heavy atom. The van der Waals surface area contributed by atoms with Crippen LogP contribution in [0.25, 0.3) is 33.8 Å². The fraction of sp³-hybridized carbons (Fsp3) is 0.0800. The highest BCUT2D eigenvalue weighted by Crippen LogP contribution is 2.29. The molecule has 146 valence electrons. The molecule has 0 amide bonds. The van der Waals surface area contributed by atoms with Crippen molar-refractivity contribution in [3.63, 3.8) is 0 Å².